The lowest BCUT2D eigenvalue weighted by Crippen LogP contribution is -2.15. The molecular weight excluding hydrogens is 332 g/mol. The number of anilines is 1. The molecule has 1 aromatic heterocycles. The van der Waals surface area contributed by atoms with Gasteiger partial charge in [-0.2, -0.15) is 13.2 Å². The van der Waals surface area contributed by atoms with Gasteiger partial charge in [-0.15, -0.1) is 0 Å². The topological polar surface area (TPSA) is 42.0 Å². The fourth-order valence-corrected chi connectivity index (χ4v) is 2.33. The Bertz CT molecular complexity index is 702. The van der Waals surface area contributed by atoms with Gasteiger partial charge < -0.3 is 5.32 Å². The lowest BCUT2D eigenvalue weighted by atomic mass is 10.2. The van der Waals surface area contributed by atoms with Crippen LogP contribution in [0.3, 0.4) is 0 Å². The van der Waals surface area contributed by atoms with E-state index in [1.807, 2.05) is 0 Å². The fourth-order valence-electron chi connectivity index (χ4n) is 1.69. The minimum Gasteiger partial charge on any atom is -0.325 e. The first kappa shape index (κ1) is 17.3. The minimum atomic E-state index is -4.44. The van der Waals surface area contributed by atoms with Crippen molar-refractivity contribution in [2.45, 2.75) is 18.1 Å². The number of alkyl halides is 3. The van der Waals surface area contributed by atoms with Crippen LogP contribution in [0.5, 0.6) is 0 Å². The Balaban J connectivity index is 1.93. The molecule has 0 aliphatic rings. The number of rotatable bonds is 4. The first-order valence-corrected chi connectivity index (χ1v) is 7.46. The van der Waals surface area contributed by atoms with Crippen molar-refractivity contribution in [3.63, 3.8) is 0 Å². The fraction of sp³-hybridized carbons (Fsp3) is 0.200. The Morgan fingerprint density at radius 3 is 2.61 bits per heavy atom. The third kappa shape index (κ3) is 4.95. The number of halogens is 4. The van der Waals surface area contributed by atoms with E-state index >= 15 is 0 Å². The van der Waals surface area contributed by atoms with Crippen LogP contribution in [0.15, 0.2) is 41.6 Å². The maximum Gasteiger partial charge on any atom is 0.417 e. The number of carbonyl (C=O) groups excluding carboxylic acids is 1. The van der Waals surface area contributed by atoms with Crippen LogP contribution in [0.4, 0.5) is 23.2 Å². The quantitative estimate of drug-likeness (QED) is 0.665. The van der Waals surface area contributed by atoms with Gasteiger partial charge in [0, 0.05) is 11.9 Å². The average molecular weight is 344 g/mol. The number of aromatic nitrogens is 1. The van der Waals surface area contributed by atoms with E-state index in [2.05, 4.69) is 10.3 Å². The van der Waals surface area contributed by atoms with E-state index in [0.29, 0.717) is 16.3 Å². The maximum atomic E-state index is 13.1. The summed E-state index contributed by atoms with van der Waals surface area (Å²) in [5.41, 5.74) is 0.218. The third-order valence-corrected chi connectivity index (χ3v) is 3.83. The second-order valence-electron chi connectivity index (χ2n) is 4.68. The van der Waals surface area contributed by atoms with Gasteiger partial charge in [-0.05, 0) is 36.8 Å². The highest BCUT2D eigenvalue weighted by Crippen LogP contribution is 2.29. The Morgan fingerprint density at radius 2 is 2.00 bits per heavy atom. The molecule has 0 saturated heterocycles. The molecule has 1 aromatic carbocycles. The van der Waals surface area contributed by atoms with Crippen LogP contribution in [-0.4, -0.2) is 16.6 Å². The summed E-state index contributed by atoms with van der Waals surface area (Å²) in [6, 6.07) is 6.13. The second-order valence-corrected chi connectivity index (χ2v) is 5.67. The van der Waals surface area contributed by atoms with E-state index < -0.39 is 23.5 Å². The lowest BCUT2D eigenvalue weighted by Gasteiger charge is -2.09. The van der Waals surface area contributed by atoms with Crippen molar-refractivity contribution in [2.75, 3.05) is 11.1 Å². The van der Waals surface area contributed by atoms with Crippen molar-refractivity contribution in [3.8, 4) is 0 Å². The monoisotopic (exact) mass is 344 g/mol. The minimum absolute atomic E-state index is 0.0473. The van der Waals surface area contributed by atoms with Gasteiger partial charge in [0.2, 0.25) is 5.91 Å². The van der Waals surface area contributed by atoms with Crippen LogP contribution in [0.1, 0.15) is 11.1 Å². The Labute approximate surface area is 134 Å². The van der Waals surface area contributed by atoms with Gasteiger partial charge in [-0.3, -0.25) is 4.79 Å². The SMILES string of the molecule is Cc1ccc(F)cc1NC(=O)CSc1ccc(C(F)(F)F)cn1. The number of thioether (sulfide) groups is 1. The number of hydrogen-bond donors (Lipinski definition) is 1. The van der Waals surface area contributed by atoms with Gasteiger partial charge in [0.15, 0.2) is 0 Å². The summed E-state index contributed by atoms with van der Waals surface area (Å²) >= 11 is 0.993. The highest BCUT2D eigenvalue weighted by atomic mass is 32.2. The molecule has 1 amide bonds. The molecule has 0 aliphatic carbocycles. The summed E-state index contributed by atoms with van der Waals surface area (Å²) in [5.74, 6) is -0.915. The first-order chi connectivity index (χ1) is 10.8. The number of aryl methyl sites for hydroxylation is 1. The largest absolute Gasteiger partial charge is 0.417 e. The second kappa shape index (κ2) is 6.99. The van der Waals surface area contributed by atoms with Gasteiger partial charge >= 0.3 is 6.18 Å². The molecule has 1 heterocycles. The summed E-state index contributed by atoms with van der Waals surface area (Å²) in [6.07, 6.45) is -3.72. The van der Waals surface area contributed by atoms with E-state index in [1.165, 1.54) is 24.3 Å². The molecule has 0 bridgehead atoms. The molecule has 2 aromatic rings. The smallest absolute Gasteiger partial charge is 0.325 e. The molecule has 0 atom stereocenters. The highest BCUT2D eigenvalue weighted by molar-refractivity contribution is 7.99. The summed E-state index contributed by atoms with van der Waals surface area (Å²) in [5, 5.41) is 2.84. The Kier molecular flexibility index (Phi) is 5.25. The molecule has 0 spiro atoms. The molecular formula is C15H12F4N2OS. The Hall–Kier alpha value is -2.09. The number of amides is 1. The van der Waals surface area contributed by atoms with Crippen molar-refractivity contribution in [1.29, 1.82) is 0 Å². The van der Waals surface area contributed by atoms with Crippen LogP contribution in [0.2, 0.25) is 0 Å². The molecule has 0 aliphatic heterocycles. The predicted molar refractivity (Wildman–Crippen MR) is 79.7 cm³/mol. The predicted octanol–water partition coefficient (Wildman–Crippen LogP) is 4.28. The van der Waals surface area contributed by atoms with E-state index in [1.54, 1.807) is 6.92 Å². The van der Waals surface area contributed by atoms with Gasteiger partial charge in [-0.1, -0.05) is 17.8 Å². The van der Waals surface area contributed by atoms with Gasteiger partial charge in [0.25, 0.3) is 0 Å². The normalized spacial score (nSPS) is 11.3. The maximum absolute atomic E-state index is 13.1. The zero-order valence-electron chi connectivity index (χ0n) is 11.9. The molecule has 2 rings (SSSR count). The average Bonchev–Trinajstić information content (AvgIpc) is 2.48. The molecule has 8 heteroatoms. The zero-order valence-corrected chi connectivity index (χ0v) is 12.8. The van der Waals surface area contributed by atoms with Crippen LogP contribution in [0, 0.1) is 12.7 Å². The van der Waals surface area contributed by atoms with Crippen molar-refractivity contribution in [3.05, 3.63) is 53.5 Å². The van der Waals surface area contributed by atoms with E-state index in [0.717, 1.165) is 24.0 Å². The molecule has 0 unspecified atom stereocenters. The zero-order chi connectivity index (χ0) is 17.0. The van der Waals surface area contributed by atoms with Gasteiger partial charge in [0.05, 0.1) is 16.3 Å². The third-order valence-electron chi connectivity index (χ3n) is 2.89. The molecule has 0 radical (unpaired) electrons. The molecule has 1 N–H and O–H groups in total. The summed E-state index contributed by atoms with van der Waals surface area (Å²) in [7, 11) is 0. The molecule has 3 nitrogen and oxygen atoms in total. The van der Waals surface area contributed by atoms with Crippen LogP contribution < -0.4 is 5.32 Å². The Morgan fingerprint density at radius 1 is 1.26 bits per heavy atom. The molecule has 23 heavy (non-hydrogen) atoms. The standard InChI is InChI=1S/C15H12F4N2OS/c1-9-2-4-11(16)6-12(9)21-13(22)8-23-14-5-3-10(7-20-14)15(17,18)19/h2-7H,8H2,1H3,(H,21,22). The number of pyridine rings is 1. The van der Waals surface area contributed by atoms with E-state index in [-0.39, 0.29) is 5.75 Å². The van der Waals surface area contributed by atoms with Crippen LogP contribution in [0.25, 0.3) is 0 Å². The van der Waals surface area contributed by atoms with Crippen molar-refractivity contribution in [1.82, 2.24) is 4.98 Å². The summed E-state index contributed by atoms with van der Waals surface area (Å²) in [4.78, 5) is 15.5. The highest BCUT2D eigenvalue weighted by Gasteiger charge is 2.30. The molecule has 0 fully saturated rings. The van der Waals surface area contributed by atoms with Crippen LogP contribution in [-0.2, 0) is 11.0 Å². The number of nitrogens with zero attached hydrogens (tertiary/aromatic N) is 1. The number of benzene rings is 1. The van der Waals surface area contributed by atoms with Crippen molar-refractivity contribution in [2.24, 2.45) is 0 Å². The summed E-state index contributed by atoms with van der Waals surface area (Å²) in [6.45, 7) is 1.72. The number of hydrogen-bond acceptors (Lipinski definition) is 3. The number of carbonyl (C=O) groups is 1. The van der Waals surface area contributed by atoms with E-state index in [4.69, 9.17) is 0 Å². The molecule has 122 valence electrons. The van der Waals surface area contributed by atoms with Crippen LogP contribution >= 0.6 is 11.8 Å². The first-order valence-electron chi connectivity index (χ1n) is 6.48. The van der Waals surface area contributed by atoms with Gasteiger partial charge in [-0.25, -0.2) is 9.37 Å². The van der Waals surface area contributed by atoms with Gasteiger partial charge in [0.1, 0.15) is 5.82 Å². The molecule has 0 saturated carbocycles. The van der Waals surface area contributed by atoms with Crippen molar-refractivity contribution >= 4 is 23.4 Å². The van der Waals surface area contributed by atoms with Crippen molar-refractivity contribution < 1.29 is 22.4 Å². The lowest BCUT2D eigenvalue weighted by molar-refractivity contribution is -0.137. The number of nitrogens with one attached hydrogen (secondary N) is 1. The summed E-state index contributed by atoms with van der Waals surface area (Å²) < 4.78 is 50.3. The van der Waals surface area contributed by atoms with E-state index in [9.17, 15) is 22.4 Å².